The molecule has 1 N–H and O–H groups in total. The number of rotatable bonds is 5. The fourth-order valence-electron chi connectivity index (χ4n) is 2.07. The minimum Gasteiger partial charge on any atom is -0.355 e. The normalized spacial score (nSPS) is 12.2. The van der Waals surface area contributed by atoms with Crippen LogP contribution in [0.25, 0.3) is 0 Å². The highest BCUT2D eigenvalue weighted by molar-refractivity contribution is 6.30. The van der Waals surface area contributed by atoms with Crippen molar-refractivity contribution in [2.75, 3.05) is 19.0 Å². The molecule has 0 fully saturated rings. The maximum Gasteiger partial charge on any atom is 0.128 e. The summed E-state index contributed by atoms with van der Waals surface area (Å²) < 4.78 is 0. The number of benzene rings is 1. The molecular formula is C16H20ClN3. The van der Waals surface area contributed by atoms with Crippen molar-refractivity contribution in [1.82, 2.24) is 10.3 Å². The van der Waals surface area contributed by atoms with E-state index in [1.54, 1.807) is 0 Å². The first-order valence-electron chi connectivity index (χ1n) is 6.69. The zero-order chi connectivity index (χ0) is 14.5. The maximum atomic E-state index is 6.02. The molecule has 1 aromatic carbocycles. The van der Waals surface area contributed by atoms with Crippen molar-refractivity contribution in [1.29, 1.82) is 0 Å². The lowest BCUT2D eigenvalue weighted by atomic mass is 10.1. The van der Waals surface area contributed by atoms with Gasteiger partial charge in [0.15, 0.2) is 0 Å². The molecule has 0 bridgehead atoms. The van der Waals surface area contributed by atoms with Crippen molar-refractivity contribution in [3.63, 3.8) is 0 Å². The molecule has 1 unspecified atom stereocenters. The Morgan fingerprint density at radius 1 is 1.30 bits per heavy atom. The summed E-state index contributed by atoms with van der Waals surface area (Å²) in [5.74, 6) is 0.963. The predicted octanol–water partition coefficient (Wildman–Crippen LogP) is 3.65. The predicted molar refractivity (Wildman–Crippen MR) is 85.3 cm³/mol. The first kappa shape index (κ1) is 14.8. The lowest BCUT2D eigenvalue weighted by Crippen LogP contribution is -2.19. The number of halogens is 1. The standard InChI is InChI=1S/C16H20ClN3/c1-12(18-2)14-7-8-19-16(10-14)20(3)11-13-5-4-6-15(17)9-13/h4-10,12,18H,11H2,1-3H3. The zero-order valence-corrected chi connectivity index (χ0v) is 12.9. The van der Waals surface area contributed by atoms with Crippen LogP contribution < -0.4 is 10.2 Å². The van der Waals surface area contributed by atoms with Gasteiger partial charge in [-0.05, 0) is 49.4 Å². The SMILES string of the molecule is CNC(C)c1ccnc(N(C)Cc2cccc(Cl)c2)c1. The summed E-state index contributed by atoms with van der Waals surface area (Å²) in [6, 6.07) is 12.4. The van der Waals surface area contributed by atoms with Gasteiger partial charge < -0.3 is 10.2 Å². The Kier molecular flexibility index (Phi) is 4.99. The van der Waals surface area contributed by atoms with E-state index in [0.29, 0.717) is 6.04 Å². The molecule has 1 heterocycles. The number of aromatic nitrogens is 1. The Balaban J connectivity index is 2.14. The van der Waals surface area contributed by atoms with E-state index in [9.17, 15) is 0 Å². The number of nitrogens with zero attached hydrogens (tertiary/aromatic N) is 2. The van der Waals surface area contributed by atoms with Crippen LogP contribution >= 0.6 is 11.6 Å². The molecule has 2 aromatic rings. The van der Waals surface area contributed by atoms with Crippen molar-refractivity contribution in [3.8, 4) is 0 Å². The molecule has 0 spiro atoms. The van der Waals surface area contributed by atoms with E-state index in [1.165, 1.54) is 11.1 Å². The fourth-order valence-corrected chi connectivity index (χ4v) is 2.28. The molecule has 1 atom stereocenters. The van der Waals surface area contributed by atoms with Crippen LogP contribution in [-0.4, -0.2) is 19.1 Å². The second kappa shape index (κ2) is 6.73. The number of nitrogens with one attached hydrogen (secondary N) is 1. The Morgan fingerprint density at radius 3 is 2.80 bits per heavy atom. The minimum atomic E-state index is 0.316. The lowest BCUT2D eigenvalue weighted by molar-refractivity contribution is 0.651. The first-order chi connectivity index (χ1) is 9.60. The van der Waals surface area contributed by atoms with Crippen molar-refractivity contribution >= 4 is 17.4 Å². The highest BCUT2D eigenvalue weighted by Crippen LogP contribution is 2.19. The van der Waals surface area contributed by atoms with E-state index in [0.717, 1.165) is 17.4 Å². The van der Waals surface area contributed by atoms with Crippen molar-refractivity contribution in [2.45, 2.75) is 19.5 Å². The number of hydrogen-bond acceptors (Lipinski definition) is 3. The highest BCUT2D eigenvalue weighted by Gasteiger charge is 2.08. The van der Waals surface area contributed by atoms with E-state index in [1.807, 2.05) is 44.6 Å². The summed E-state index contributed by atoms with van der Waals surface area (Å²) in [5.41, 5.74) is 2.41. The molecule has 3 nitrogen and oxygen atoms in total. The Labute approximate surface area is 125 Å². The second-order valence-corrected chi connectivity index (χ2v) is 5.38. The van der Waals surface area contributed by atoms with Gasteiger partial charge in [0.05, 0.1) is 0 Å². The van der Waals surface area contributed by atoms with Crippen molar-refractivity contribution in [2.24, 2.45) is 0 Å². The topological polar surface area (TPSA) is 28.2 Å². The van der Waals surface area contributed by atoms with Crippen LogP contribution in [0.2, 0.25) is 5.02 Å². The molecule has 2 rings (SSSR count). The lowest BCUT2D eigenvalue weighted by Gasteiger charge is -2.20. The van der Waals surface area contributed by atoms with Gasteiger partial charge in [-0.15, -0.1) is 0 Å². The molecule has 0 amide bonds. The largest absolute Gasteiger partial charge is 0.355 e. The first-order valence-corrected chi connectivity index (χ1v) is 7.06. The molecular weight excluding hydrogens is 270 g/mol. The van der Waals surface area contributed by atoms with Crippen LogP contribution in [0, 0.1) is 0 Å². The van der Waals surface area contributed by atoms with Gasteiger partial charge in [-0.2, -0.15) is 0 Å². The number of pyridine rings is 1. The fraction of sp³-hybridized carbons (Fsp3) is 0.312. The zero-order valence-electron chi connectivity index (χ0n) is 12.1. The summed E-state index contributed by atoms with van der Waals surface area (Å²) in [5, 5.41) is 4.01. The summed E-state index contributed by atoms with van der Waals surface area (Å²) in [6.07, 6.45) is 1.85. The Bertz CT molecular complexity index is 571. The number of hydrogen-bond donors (Lipinski definition) is 1. The van der Waals surface area contributed by atoms with Gasteiger partial charge in [-0.25, -0.2) is 4.98 Å². The van der Waals surface area contributed by atoms with Gasteiger partial charge in [0.25, 0.3) is 0 Å². The third kappa shape index (κ3) is 3.71. The summed E-state index contributed by atoms with van der Waals surface area (Å²) in [6.45, 7) is 2.92. The van der Waals surface area contributed by atoms with E-state index in [-0.39, 0.29) is 0 Å². The molecule has 0 saturated heterocycles. The van der Waals surface area contributed by atoms with E-state index in [4.69, 9.17) is 11.6 Å². The van der Waals surface area contributed by atoms with Gasteiger partial charge in [0, 0.05) is 30.9 Å². The van der Waals surface area contributed by atoms with Crippen molar-refractivity contribution in [3.05, 3.63) is 58.7 Å². The van der Waals surface area contributed by atoms with Crippen LogP contribution in [0.3, 0.4) is 0 Å². The van der Waals surface area contributed by atoms with Crippen LogP contribution in [0.5, 0.6) is 0 Å². The number of anilines is 1. The van der Waals surface area contributed by atoms with E-state index < -0.39 is 0 Å². The van der Waals surface area contributed by atoms with Gasteiger partial charge in [-0.1, -0.05) is 23.7 Å². The molecule has 106 valence electrons. The Hall–Kier alpha value is -1.58. The maximum absolute atomic E-state index is 6.02. The van der Waals surface area contributed by atoms with Crippen LogP contribution in [-0.2, 0) is 6.54 Å². The summed E-state index contributed by atoms with van der Waals surface area (Å²) in [7, 11) is 4.00. The highest BCUT2D eigenvalue weighted by atomic mass is 35.5. The summed E-state index contributed by atoms with van der Waals surface area (Å²) in [4.78, 5) is 6.56. The monoisotopic (exact) mass is 289 g/mol. The quantitative estimate of drug-likeness (QED) is 0.911. The van der Waals surface area contributed by atoms with Gasteiger partial charge >= 0.3 is 0 Å². The third-order valence-electron chi connectivity index (χ3n) is 3.40. The molecule has 0 radical (unpaired) electrons. The average Bonchev–Trinajstić information content (AvgIpc) is 2.46. The molecule has 0 aliphatic rings. The van der Waals surface area contributed by atoms with Crippen LogP contribution in [0.1, 0.15) is 24.1 Å². The van der Waals surface area contributed by atoms with Gasteiger partial charge in [-0.3, -0.25) is 0 Å². The van der Waals surface area contributed by atoms with Crippen LogP contribution in [0.4, 0.5) is 5.82 Å². The third-order valence-corrected chi connectivity index (χ3v) is 3.64. The molecule has 0 aliphatic heterocycles. The van der Waals surface area contributed by atoms with Crippen LogP contribution in [0.15, 0.2) is 42.6 Å². The smallest absolute Gasteiger partial charge is 0.128 e. The molecule has 20 heavy (non-hydrogen) atoms. The van der Waals surface area contributed by atoms with Gasteiger partial charge in [0.2, 0.25) is 0 Å². The molecule has 0 saturated carbocycles. The minimum absolute atomic E-state index is 0.316. The summed E-state index contributed by atoms with van der Waals surface area (Å²) >= 11 is 6.02. The van der Waals surface area contributed by atoms with E-state index in [2.05, 4.69) is 34.3 Å². The Morgan fingerprint density at radius 2 is 2.10 bits per heavy atom. The molecule has 1 aromatic heterocycles. The molecule has 4 heteroatoms. The van der Waals surface area contributed by atoms with Crippen molar-refractivity contribution < 1.29 is 0 Å². The van der Waals surface area contributed by atoms with E-state index >= 15 is 0 Å². The average molecular weight is 290 g/mol. The second-order valence-electron chi connectivity index (χ2n) is 4.94. The van der Waals surface area contributed by atoms with Gasteiger partial charge in [0.1, 0.15) is 5.82 Å². The molecule has 0 aliphatic carbocycles.